The molecule has 0 aromatic heterocycles. The predicted octanol–water partition coefficient (Wildman–Crippen LogP) is 1.94. The number of carbonyl (C=O) groups excluding carboxylic acids is 1. The lowest BCUT2D eigenvalue weighted by molar-refractivity contribution is -0.117. The Hall–Kier alpha value is -0.750. The van der Waals surface area contributed by atoms with E-state index < -0.39 is 22.4 Å². The lowest BCUT2D eigenvalue weighted by atomic mass is 9.99. The van der Waals surface area contributed by atoms with E-state index in [0.29, 0.717) is 0 Å². The number of fused-ring (bicyclic) bond motifs is 1. The van der Waals surface area contributed by atoms with Gasteiger partial charge in [0.25, 0.3) is 11.0 Å². The van der Waals surface area contributed by atoms with Crippen LogP contribution in [0.25, 0.3) is 0 Å². The fourth-order valence-corrected chi connectivity index (χ4v) is 1.82. The zero-order valence-corrected chi connectivity index (χ0v) is 9.49. The third kappa shape index (κ3) is 1.52. The minimum Gasteiger partial charge on any atom is -0.333 e. The summed E-state index contributed by atoms with van der Waals surface area (Å²) in [5.41, 5.74) is -0.348. The second-order valence-corrected chi connectivity index (χ2v) is 4.34. The van der Waals surface area contributed by atoms with Gasteiger partial charge in [0.2, 0.25) is 0 Å². The molecule has 0 aromatic carbocycles. The molecule has 1 N–H and O–H groups in total. The van der Waals surface area contributed by atoms with Crippen molar-refractivity contribution in [3.63, 3.8) is 0 Å². The van der Waals surface area contributed by atoms with E-state index in [0.717, 1.165) is 0 Å². The first-order valence-electron chi connectivity index (χ1n) is 3.93. The van der Waals surface area contributed by atoms with Crippen molar-refractivity contribution in [2.24, 2.45) is 4.99 Å². The molecule has 1 aliphatic carbocycles. The molecule has 1 atom stereocenters. The predicted molar refractivity (Wildman–Crippen MR) is 55.3 cm³/mol. The van der Waals surface area contributed by atoms with Crippen LogP contribution in [0.15, 0.2) is 27.0 Å². The molecule has 7 heteroatoms. The Bertz CT molecular complexity index is 442. The average Bonchev–Trinajstić information content (AvgIpc) is 2.15. The fourth-order valence-electron chi connectivity index (χ4n) is 1.28. The van der Waals surface area contributed by atoms with E-state index in [9.17, 15) is 13.6 Å². The summed E-state index contributed by atoms with van der Waals surface area (Å²) in [5.74, 6) is -2.05. The van der Waals surface area contributed by atoms with Gasteiger partial charge in [0.05, 0.1) is 10.2 Å². The Morgan fingerprint density at radius 1 is 1.67 bits per heavy atom. The molecule has 1 unspecified atom stereocenters. The van der Waals surface area contributed by atoms with Crippen molar-refractivity contribution in [2.75, 3.05) is 6.67 Å². The standard InChI is InChI=1S/C8H4BrClF2N2O/c9-4-1-3-5(6(11)8(4,10)12)7(15)14-2-13-3/h1H,2H2,(H,14,15). The molecule has 1 heterocycles. The molecule has 1 aliphatic heterocycles. The van der Waals surface area contributed by atoms with Gasteiger partial charge in [-0.25, -0.2) is 8.78 Å². The minimum atomic E-state index is -2.82. The van der Waals surface area contributed by atoms with E-state index >= 15 is 0 Å². The van der Waals surface area contributed by atoms with E-state index in [1.54, 1.807) is 0 Å². The van der Waals surface area contributed by atoms with Crippen LogP contribution in [0.1, 0.15) is 0 Å². The minimum absolute atomic E-state index is 0.0449. The molecular formula is C8H4BrClF2N2O. The first kappa shape index (κ1) is 10.8. The second-order valence-electron chi connectivity index (χ2n) is 2.96. The number of hydrogen-bond donors (Lipinski definition) is 1. The van der Waals surface area contributed by atoms with E-state index in [-0.39, 0.29) is 16.9 Å². The van der Waals surface area contributed by atoms with Crippen molar-refractivity contribution in [3.05, 3.63) is 22.0 Å². The normalized spacial score (nSPS) is 30.5. The highest BCUT2D eigenvalue weighted by molar-refractivity contribution is 9.11. The third-order valence-electron chi connectivity index (χ3n) is 2.03. The number of carbonyl (C=O) groups is 1. The van der Waals surface area contributed by atoms with Gasteiger partial charge < -0.3 is 5.32 Å². The Labute approximate surface area is 97.0 Å². The summed E-state index contributed by atoms with van der Waals surface area (Å²) in [6.45, 7) is 0.0449. The molecule has 0 aromatic rings. The average molecular weight is 297 g/mol. The Kier molecular flexibility index (Phi) is 2.42. The summed E-state index contributed by atoms with van der Waals surface area (Å²) in [7, 11) is 0. The Morgan fingerprint density at radius 3 is 3.00 bits per heavy atom. The number of allylic oxidation sites excluding steroid dienone is 3. The highest BCUT2D eigenvalue weighted by atomic mass is 79.9. The zero-order valence-electron chi connectivity index (χ0n) is 7.15. The molecule has 0 bridgehead atoms. The van der Waals surface area contributed by atoms with Crippen LogP contribution < -0.4 is 5.32 Å². The molecule has 15 heavy (non-hydrogen) atoms. The largest absolute Gasteiger partial charge is 0.333 e. The van der Waals surface area contributed by atoms with Crippen molar-refractivity contribution in [3.8, 4) is 0 Å². The van der Waals surface area contributed by atoms with Crippen LogP contribution in [-0.4, -0.2) is 23.4 Å². The molecule has 0 saturated heterocycles. The van der Waals surface area contributed by atoms with Crippen LogP contribution in [0.4, 0.5) is 8.78 Å². The summed E-state index contributed by atoms with van der Waals surface area (Å²) in [4.78, 5) is 15.1. The quantitative estimate of drug-likeness (QED) is 0.682. The number of nitrogens with one attached hydrogen (secondary N) is 1. The molecule has 80 valence electrons. The maximum absolute atomic E-state index is 13.6. The summed E-state index contributed by atoms with van der Waals surface area (Å²) in [6.07, 6.45) is 1.20. The number of halogens is 4. The number of hydrogen-bond acceptors (Lipinski definition) is 2. The van der Waals surface area contributed by atoms with Crippen LogP contribution in [0.5, 0.6) is 0 Å². The topological polar surface area (TPSA) is 41.5 Å². The van der Waals surface area contributed by atoms with Gasteiger partial charge in [-0.2, -0.15) is 0 Å². The van der Waals surface area contributed by atoms with Crippen LogP contribution >= 0.6 is 27.5 Å². The van der Waals surface area contributed by atoms with Crippen LogP contribution in [-0.2, 0) is 4.79 Å². The number of amides is 1. The van der Waals surface area contributed by atoms with Gasteiger partial charge in [0.15, 0.2) is 5.83 Å². The van der Waals surface area contributed by atoms with Gasteiger partial charge in [-0.15, -0.1) is 0 Å². The van der Waals surface area contributed by atoms with Crippen molar-refractivity contribution in [1.82, 2.24) is 5.32 Å². The van der Waals surface area contributed by atoms with Crippen LogP contribution in [0.3, 0.4) is 0 Å². The van der Waals surface area contributed by atoms with Crippen molar-refractivity contribution in [1.29, 1.82) is 0 Å². The molecule has 0 saturated carbocycles. The SMILES string of the molecule is O=C1NCN=C2C=C(Br)C(F)(Cl)C(F)=C12. The summed E-state index contributed by atoms with van der Waals surface area (Å²) < 4.78 is 26.9. The summed E-state index contributed by atoms with van der Waals surface area (Å²) >= 11 is 8.11. The maximum Gasteiger partial charge on any atom is 0.267 e. The van der Waals surface area contributed by atoms with E-state index in [1.807, 2.05) is 0 Å². The first-order valence-corrected chi connectivity index (χ1v) is 5.10. The van der Waals surface area contributed by atoms with Crippen molar-refractivity contribution < 1.29 is 13.6 Å². The van der Waals surface area contributed by atoms with E-state index in [4.69, 9.17) is 11.6 Å². The lowest BCUT2D eigenvalue weighted by Crippen LogP contribution is -2.38. The van der Waals surface area contributed by atoms with Crippen molar-refractivity contribution >= 4 is 39.1 Å². The summed E-state index contributed by atoms with van der Waals surface area (Å²) in [5, 5.41) is -0.546. The molecule has 2 rings (SSSR count). The van der Waals surface area contributed by atoms with Gasteiger partial charge in [-0.05, 0) is 6.08 Å². The first-order chi connectivity index (χ1) is 6.94. The highest BCUT2D eigenvalue weighted by Crippen LogP contribution is 2.44. The Balaban J connectivity index is 2.64. The number of rotatable bonds is 0. The Morgan fingerprint density at radius 2 is 2.33 bits per heavy atom. The van der Waals surface area contributed by atoms with Gasteiger partial charge in [0, 0.05) is 0 Å². The maximum atomic E-state index is 13.6. The number of aliphatic imine (C=N–C) groups is 1. The lowest BCUT2D eigenvalue weighted by Gasteiger charge is -2.25. The van der Waals surface area contributed by atoms with E-state index in [2.05, 4.69) is 26.2 Å². The molecule has 0 radical (unpaired) electrons. The smallest absolute Gasteiger partial charge is 0.267 e. The van der Waals surface area contributed by atoms with Crippen LogP contribution in [0.2, 0.25) is 0 Å². The van der Waals surface area contributed by atoms with Crippen LogP contribution in [0, 0.1) is 0 Å². The molecule has 1 amide bonds. The number of alkyl halides is 2. The van der Waals surface area contributed by atoms with Gasteiger partial charge in [-0.3, -0.25) is 9.79 Å². The fraction of sp³-hybridized carbons (Fsp3) is 0.250. The zero-order chi connectivity index (χ0) is 11.2. The van der Waals surface area contributed by atoms with E-state index in [1.165, 1.54) is 6.08 Å². The molecular weight excluding hydrogens is 293 g/mol. The molecule has 0 spiro atoms. The third-order valence-corrected chi connectivity index (χ3v) is 3.40. The number of nitrogens with zero attached hydrogens (tertiary/aromatic N) is 1. The van der Waals surface area contributed by atoms with Gasteiger partial charge >= 0.3 is 0 Å². The highest BCUT2D eigenvalue weighted by Gasteiger charge is 2.45. The second kappa shape index (κ2) is 3.38. The molecule has 3 nitrogen and oxygen atoms in total. The molecule has 0 fully saturated rings. The van der Waals surface area contributed by atoms with Gasteiger partial charge in [-0.1, -0.05) is 27.5 Å². The summed E-state index contributed by atoms with van der Waals surface area (Å²) in [6, 6.07) is 0. The molecule has 2 aliphatic rings. The van der Waals surface area contributed by atoms with Gasteiger partial charge in [0.1, 0.15) is 12.2 Å². The van der Waals surface area contributed by atoms with Crippen molar-refractivity contribution in [2.45, 2.75) is 5.13 Å². The monoisotopic (exact) mass is 296 g/mol.